The first kappa shape index (κ1) is 14.6. The maximum absolute atomic E-state index is 6.25. The minimum Gasteiger partial charge on any atom is -0.310 e. The molecule has 17 heavy (non-hydrogen) atoms. The minimum atomic E-state index is 0.775. The predicted molar refractivity (Wildman–Crippen MR) is 76.8 cm³/mol. The third-order valence-corrected chi connectivity index (χ3v) is 3.85. The normalized spacial score (nSPS) is 10.8. The van der Waals surface area contributed by atoms with E-state index in [1.165, 1.54) is 0 Å². The fraction of sp³-hybridized carbons (Fsp3) is 0.583. The van der Waals surface area contributed by atoms with Crippen molar-refractivity contribution in [3.8, 4) is 0 Å². The summed E-state index contributed by atoms with van der Waals surface area (Å²) in [6.45, 7) is 7.51. The Morgan fingerprint density at radius 1 is 1.59 bits per heavy atom. The topological polar surface area (TPSA) is 29.9 Å². The Balaban J connectivity index is 2.36. The van der Waals surface area contributed by atoms with Crippen LogP contribution in [0.25, 0.3) is 0 Å². The van der Waals surface area contributed by atoms with Gasteiger partial charge in [-0.1, -0.05) is 24.6 Å². The van der Waals surface area contributed by atoms with Crippen molar-refractivity contribution < 1.29 is 0 Å². The average Bonchev–Trinajstić information content (AvgIpc) is 2.60. The van der Waals surface area contributed by atoms with E-state index in [1.54, 1.807) is 0 Å². The van der Waals surface area contributed by atoms with Crippen molar-refractivity contribution in [1.29, 1.82) is 0 Å². The third-order valence-electron chi connectivity index (χ3n) is 2.45. The molecule has 0 saturated heterocycles. The lowest BCUT2D eigenvalue weighted by atomic mass is 10.3. The van der Waals surface area contributed by atoms with Crippen molar-refractivity contribution >= 4 is 23.4 Å². The van der Waals surface area contributed by atoms with E-state index in [0.717, 1.165) is 47.4 Å². The summed E-state index contributed by atoms with van der Waals surface area (Å²) in [6, 6.07) is 0. The second kappa shape index (κ2) is 7.80. The monoisotopic (exact) mass is 273 g/mol. The van der Waals surface area contributed by atoms with Gasteiger partial charge in [0, 0.05) is 31.6 Å². The van der Waals surface area contributed by atoms with E-state index in [2.05, 4.69) is 23.9 Å². The zero-order valence-electron chi connectivity index (χ0n) is 10.5. The van der Waals surface area contributed by atoms with Gasteiger partial charge in [-0.25, -0.2) is 0 Å². The quantitative estimate of drug-likeness (QED) is 0.583. The molecule has 0 aliphatic rings. The molecule has 5 heteroatoms. The Kier molecular flexibility index (Phi) is 6.70. The van der Waals surface area contributed by atoms with Gasteiger partial charge in [0.2, 0.25) is 0 Å². The van der Waals surface area contributed by atoms with Crippen molar-refractivity contribution in [2.45, 2.75) is 19.9 Å². The van der Waals surface area contributed by atoms with Gasteiger partial charge in [-0.3, -0.25) is 4.68 Å². The largest absolute Gasteiger partial charge is 0.310 e. The molecule has 0 amide bonds. The summed E-state index contributed by atoms with van der Waals surface area (Å²) >= 11 is 8.12. The first-order chi connectivity index (χ1) is 8.20. The van der Waals surface area contributed by atoms with Crippen LogP contribution < -0.4 is 5.32 Å². The molecule has 1 aromatic rings. The van der Waals surface area contributed by atoms with Crippen LogP contribution in [0.4, 0.5) is 0 Å². The highest BCUT2D eigenvalue weighted by Crippen LogP contribution is 2.20. The predicted octanol–water partition coefficient (Wildman–Crippen LogP) is 2.64. The molecule has 1 heterocycles. The van der Waals surface area contributed by atoms with Crippen LogP contribution >= 0.6 is 23.4 Å². The van der Waals surface area contributed by atoms with Gasteiger partial charge in [0.25, 0.3) is 0 Å². The van der Waals surface area contributed by atoms with Crippen molar-refractivity contribution in [2.75, 3.05) is 18.1 Å². The Hall–Kier alpha value is -0.450. The smallest absolute Gasteiger partial charge is 0.0863 e. The van der Waals surface area contributed by atoms with Gasteiger partial charge in [0.15, 0.2) is 0 Å². The summed E-state index contributed by atoms with van der Waals surface area (Å²) in [5.41, 5.74) is 2.05. The van der Waals surface area contributed by atoms with E-state index < -0.39 is 0 Å². The summed E-state index contributed by atoms with van der Waals surface area (Å²) in [7, 11) is 1.94. The Morgan fingerprint density at radius 3 is 2.94 bits per heavy atom. The van der Waals surface area contributed by atoms with Crippen LogP contribution in [-0.2, 0) is 20.0 Å². The first-order valence-corrected chi connectivity index (χ1v) is 7.33. The summed E-state index contributed by atoms with van der Waals surface area (Å²) in [5.74, 6) is 2.09. The molecule has 0 bridgehead atoms. The molecule has 3 nitrogen and oxygen atoms in total. The highest BCUT2D eigenvalue weighted by molar-refractivity contribution is 7.99. The molecular weight excluding hydrogens is 254 g/mol. The molecule has 1 aromatic heterocycles. The number of nitrogens with one attached hydrogen (secondary N) is 1. The Morgan fingerprint density at radius 2 is 2.35 bits per heavy atom. The summed E-state index contributed by atoms with van der Waals surface area (Å²) in [6.07, 6.45) is 2.80. The molecule has 0 aliphatic carbocycles. The SMILES string of the molecule is C=CCSCCNCc1c(Cl)c(CC)nn1C. The van der Waals surface area contributed by atoms with E-state index in [0.29, 0.717) is 0 Å². The lowest BCUT2D eigenvalue weighted by Crippen LogP contribution is -2.18. The average molecular weight is 274 g/mol. The van der Waals surface area contributed by atoms with E-state index >= 15 is 0 Å². The summed E-state index contributed by atoms with van der Waals surface area (Å²) in [4.78, 5) is 0. The second-order valence-corrected chi connectivity index (χ2v) is 5.25. The van der Waals surface area contributed by atoms with Crippen molar-refractivity contribution in [3.63, 3.8) is 0 Å². The number of thioether (sulfide) groups is 1. The number of hydrogen-bond donors (Lipinski definition) is 1. The molecule has 1 rings (SSSR count). The Labute approximate surface area is 113 Å². The van der Waals surface area contributed by atoms with Crippen molar-refractivity contribution in [1.82, 2.24) is 15.1 Å². The van der Waals surface area contributed by atoms with Crippen molar-refractivity contribution in [2.24, 2.45) is 7.05 Å². The van der Waals surface area contributed by atoms with Gasteiger partial charge in [0.05, 0.1) is 16.4 Å². The van der Waals surface area contributed by atoms with Crippen LogP contribution in [0.2, 0.25) is 5.02 Å². The molecule has 0 aromatic carbocycles. The maximum Gasteiger partial charge on any atom is 0.0863 e. The highest BCUT2D eigenvalue weighted by atomic mass is 35.5. The van der Waals surface area contributed by atoms with E-state index in [4.69, 9.17) is 11.6 Å². The number of nitrogens with zero attached hydrogens (tertiary/aromatic N) is 2. The van der Waals surface area contributed by atoms with Crippen LogP contribution in [0.15, 0.2) is 12.7 Å². The van der Waals surface area contributed by atoms with E-state index in [1.807, 2.05) is 29.6 Å². The standard InChI is InChI=1S/C12H20ClN3S/c1-4-7-17-8-6-14-9-11-12(13)10(5-2)15-16(11)3/h4,14H,1,5-9H2,2-3H3. The molecule has 0 atom stereocenters. The van der Waals surface area contributed by atoms with Crippen LogP contribution in [0, 0.1) is 0 Å². The number of rotatable bonds is 8. The molecule has 0 saturated carbocycles. The van der Waals surface area contributed by atoms with Gasteiger partial charge < -0.3 is 5.32 Å². The molecule has 0 radical (unpaired) electrons. The highest BCUT2D eigenvalue weighted by Gasteiger charge is 2.11. The molecule has 0 unspecified atom stereocenters. The van der Waals surface area contributed by atoms with Gasteiger partial charge in [-0.05, 0) is 6.42 Å². The van der Waals surface area contributed by atoms with Gasteiger partial charge in [-0.2, -0.15) is 16.9 Å². The van der Waals surface area contributed by atoms with E-state index in [9.17, 15) is 0 Å². The van der Waals surface area contributed by atoms with Crippen LogP contribution in [-0.4, -0.2) is 27.8 Å². The van der Waals surface area contributed by atoms with Gasteiger partial charge >= 0.3 is 0 Å². The van der Waals surface area contributed by atoms with Crippen LogP contribution in [0.3, 0.4) is 0 Å². The molecular formula is C12H20ClN3S. The van der Waals surface area contributed by atoms with Crippen LogP contribution in [0.5, 0.6) is 0 Å². The maximum atomic E-state index is 6.25. The summed E-state index contributed by atoms with van der Waals surface area (Å²) < 4.78 is 1.87. The summed E-state index contributed by atoms with van der Waals surface area (Å²) in [5, 5.41) is 8.57. The molecule has 0 aliphatic heterocycles. The fourth-order valence-corrected chi connectivity index (χ4v) is 2.51. The Bertz CT molecular complexity index is 363. The van der Waals surface area contributed by atoms with Gasteiger partial charge in [-0.15, -0.1) is 6.58 Å². The second-order valence-electron chi connectivity index (χ2n) is 3.72. The zero-order valence-corrected chi connectivity index (χ0v) is 12.1. The molecule has 0 fully saturated rings. The van der Waals surface area contributed by atoms with Crippen molar-refractivity contribution in [3.05, 3.63) is 29.1 Å². The lowest BCUT2D eigenvalue weighted by Gasteiger charge is -2.05. The zero-order chi connectivity index (χ0) is 12.7. The van der Waals surface area contributed by atoms with E-state index in [-0.39, 0.29) is 0 Å². The lowest BCUT2D eigenvalue weighted by molar-refractivity contribution is 0.641. The third kappa shape index (κ3) is 4.37. The first-order valence-electron chi connectivity index (χ1n) is 5.80. The minimum absolute atomic E-state index is 0.775. The van der Waals surface area contributed by atoms with Gasteiger partial charge in [0.1, 0.15) is 0 Å². The molecule has 1 N–H and O–H groups in total. The molecule has 96 valence electrons. The fourth-order valence-electron chi connectivity index (χ4n) is 1.53. The number of halogens is 1. The number of aryl methyl sites for hydroxylation is 2. The van der Waals surface area contributed by atoms with Crippen LogP contribution in [0.1, 0.15) is 18.3 Å². The number of aromatic nitrogens is 2. The molecule has 0 spiro atoms. The number of hydrogen-bond acceptors (Lipinski definition) is 3.